The number of rotatable bonds is 11. The van der Waals surface area contributed by atoms with Crippen molar-refractivity contribution >= 4 is 0 Å². The fraction of sp³-hybridized carbons (Fsp3) is 0.241. The Kier molecular flexibility index (Phi) is 8.60. The molecular formula is C29H29FN2O4. The molecule has 4 aromatic rings. The summed E-state index contributed by atoms with van der Waals surface area (Å²) < 4.78 is 37.8. The number of nitrogens with zero attached hydrogens (tertiary/aromatic N) is 2. The van der Waals surface area contributed by atoms with Gasteiger partial charge in [-0.05, 0) is 35.7 Å². The van der Waals surface area contributed by atoms with E-state index in [1.54, 1.807) is 26.4 Å². The van der Waals surface area contributed by atoms with Crippen molar-refractivity contribution in [1.82, 2.24) is 9.97 Å². The summed E-state index contributed by atoms with van der Waals surface area (Å²) in [7, 11) is 3.09. The molecule has 0 N–H and O–H groups in total. The SMILES string of the molecule is COC(Cc1cc(F)c(-c2ccc(OCc3ccccc3)nc2OCc2ccccc2)nc1C)OC. The van der Waals surface area contributed by atoms with Gasteiger partial charge in [0.05, 0.1) is 5.56 Å². The molecular weight excluding hydrogens is 459 g/mol. The Bertz CT molecular complexity index is 1270. The first-order valence-corrected chi connectivity index (χ1v) is 11.6. The first kappa shape index (κ1) is 25.3. The summed E-state index contributed by atoms with van der Waals surface area (Å²) in [6.45, 7) is 2.45. The van der Waals surface area contributed by atoms with E-state index in [1.807, 2.05) is 67.6 Å². The molecule has 0 spiro atoms. The van der Waals surface area contributed by atoms with E-state index < -0.39 is 12.1 Å². The number of aryl methyl sites for hydroxylation is 1. The second-order valence-electron chi connectivity index (χ2n) is 8.22. The van der Waals surface area contributed by atoms with Crippen molar-refractivity contribution in [3.63, 3.8) is 0 Å². The molecule has 0 aliphatic carbocycles. The zero-order chi connectivity index (χ0) is 25.3. The second-order valence-corrected chi connectivity index (χ2v) is 8.22. The van der Waals surface area contributed by atoms with Gasteiger partial charge in [0.2, 0.25) is 11.8 Å². The molecule has 0 amide bonds. The molecule has 2 aromatic carbocycles. The standard InChI is InChI=1S/C29H29FN2O4/c1-20-23(17-27(33-2)34-3)16-25(30)28(31-20)24-14-15-26(35-18-21-10-6-4-7-11-21)32-29(24)36-19-22-12-8-5-9-13-22/h4-16,27H,17-19H2,1-3H3. The molecule has 0 saturated carbocycles. The molecule has 2 aromatic heterocycles. The highest BCUT2D eigenvalue weighted by Gasteiger charge is 2.19. The summed E-state index contributed by atoms with van der Waals surface area (Å²) >= 11 is 0. The Morgan fingerprint density at radius 3 is 2.00 bits per heavy atom. The van der Waals surface area contributed by atoms with Crippen molar-refractivity contribution in [2.24, 2.45) is 0 Å². The number of pyridine rings is 2. The minimum atomic E-state index is -0.483. The number of halogens is 1. The van der Waals surface area contributed by atoms with Crippen LogP contribution in [0.15, 0.2) is 78.9 Å². The molecule has 0 unspecified atom stereocenters. The first-order valence-electron chi connectivity index (χ1n) is 11.6. The van der Waals surface area contributed by atoms with Gasteiger partial charge < -0.3 is 18.9 Å². The van der Waals surface area contributed by atoms with Gasteiger partial charge in [-0.2, -0.15) is 4.98 Å². The van der Waals surface area contributed by atoms with E-state index in [0.29, 0.717) is 35.7 Å². The van der Waals surface area contributed by atoms with Gasteiger partial charge in [0.15, 0.2) is 6.29 Å². The average Bonchev–Trinajstić information content (AvgIpc) is 2.92. The van der Waals surface area contributed by atoms with Crippen LogP contribution in [0.1, 0.15) is 22.4 Å². The fourth-order valence-electron chi connectivity index (χ4n) is 3.71. The van der Waals surface area contributed by atoms with Gasteiger partial charge in [-0.3, -0.25) is 0 Å². The molecule has 0 fully saturated rings. The van der Waals surface area contributed by atoms with Crippen molar-refractivity contribution in [3.8, 4) is 23.0 Å². The smallest absolute Gasteiger partial charge is 0.226 e. The van der Waals surface area contributed by atoms with Crippen LogP contribution in [0, 0.1) is 12.7 Å². The third kappa shape index (κ3) is 6.44. The van der Waals surface area contributed by atoms with E-state index in [1.165, 1.54) is 6.07 Å². The highest BCUT2D eigenvalue weighted by atomic mass is 19.1. The summed E-state index contributed by atoms with van der Waals surface area (Å²) in [5.41, 5.74) is 3.95. The monoisotopic (exact) mass is 488 g/mol. The largest absolute Gasteiger partial charge is 0.473 e. The van der Waals surface area contributed by atoms with Gasteiger partial charge >= 0.3 is 0 Å². The van der Waals surface area contributed by atoms with E-state index in [9.17, 15) is 0 Å². The Balaban J connectivity index is 1.64. The van der Waals surface area contributed by atoms with Gasteiger partial charge in [-0.15, -0.1) is 0 Å². The summed E-state index contributed by atoms with van der Waals surface area (Å²) in [5.74, 6) is 0.142. The summed E-state index contributed by atoms with van der Waals surface area (Å²) in [4.78, 5) is 9.11. The van der Waals surface area contributed by atoms with Crippen molar-refractivity contribution in [1.29, 1.82) is 0 Å². The van der Waals surface area contributed by atoms with E-state index in [4.69, 9.17) is 18.9 Å². The molecule has 186 valence electrons. The van der Waals surface area contributed by atoms with Crippen LogP contribution in [0.3, 0.4) is 0 Å². The Hall–Kier alpha value is -3.81. The highest BCUT2D eigenvalue weighted by molar-refractivity contribution is 5.66. The quantitative estimate of drug-likeness (QED) is 0.245. The maximum atomic E-state index is 15.3. The summed E-state index contributed by atoms with van der Waals surface area (Å²) in [6, 6.07) is 24.4. The number of ether oxygens (including phenoxy) is 4. The maximum absolute atomic E-state index is 15.3. The molecule has 7 heteroatoms. The van der Waals surface area contributed by atoms with Crippen LogP contribution >= 0.6 is 0 Å². The van der Waals surface area contributed by atoms with Crippen molar-refractivity contribution in [2.45, 2.75) is 32.8 Å². The van der Waals surface area contributed by atoms with Crippen LogP contribution in [-0.2, 0) is 29.1 Å². The third-order valence-electron chi connectivity index (χ3n) is 5.72. The molecule has 0 radical (unpaired) electrons. The minimum absolute atomic E-state index is 0.160. The number of methoxy groups -OCH3 is 2. The molecule has 2 heterocycles. The zero-order valence-corrected chi connectivity index (χ0v) is 20.6. The third-order valence-corrected chi connectivity index (χ3v) is 5.72. The lowest BCUT2D eigenvalue weighted by Gasteiger charge is -2.17. The lowest BCUT2D eigenvalue weighted by molar-refractivity contribution is -0.100. The number of benzene rings is 2. The fourth-order valence-corrected chi connectivity index (χ4v) is 3.71. The van der Waals surface area contributed by atoms with E-state index >= 15 is 4.39 Å². The van der Waals surface area contributed by atoms with E-state index in [0.717, 1.165) is 11.1 Å². The molecule has 0 bridgehead atoms. The molecule has 0 atom stereocenters. The van der Waals surface area contributed by atoms with Crippen LogP contribution in [0.25, 0.3) is 11.3 Å². The van der Waals surface area contributed by atoms with Gasteiger partial charge in [0.25, 0.3) is 0 Å². The van der Waals surface area contributed by atoms with Crippen LogP contribution in [0.4, 0.5) is 4.39 Å². The zero-order valence-electron chi connectivity index (χ0n) is 20.6. The van der Waals surface area contributed by atoms with Crippen LogP contribution in [0.2, 0.25) is 0 Å². The van der Waals surface area contributed by atoms with Gasteiger partial charge in [-0.1, -0.05) is 60.7 Å². The Morgan fingerprint density at radius 2 is 1.39 bits per heavy atom. The van der Waals surface area contributed by atoms with Crippen LogP contribution in [0.5, 0.6) is 11.8 Å². The molecule has 6 nitrogen and oxygen atoms in total. The molecule has 0 aliphatic rings. The Labute approximate surface area is 210 Å². The number of aromatic nitrogens is 2. The predicted molar refractivity (Wildman–Crippen MR) is 135 cm³/mol. The maximum Gasteiger partial charge on any atom is 0.226 e. The predicted octanol–water partition coefficient (Wildman–Crippen LogP) is 5.91. The van der Waals surface area contributed by atoms with Crippen molar-refractivity contribution < 1.29 is 23.3 Å². The molecule has 0 saturated heterocycles. The van der Waals surface area contributed by atoms with Crippen molar-refractivity contribution in [2.75, 3.05) is 14.2 Å². The van der Waals surface area contributed by atoms with Crippen LogP contribution < -0.4 is 9.47 Å². The number of hydrogen-bond donors (Lipinski definition) is 0. The topological polar surface area (TPSA) is 62.7 Å². The summed E-state index contributed by atoms with van der Waals surface area (Å²) in [6.07, 6.45) is -0.103. The minimum Gasteiger partial charge on any atom is -0.473 e. The van der Waals surface area contributed by atoms with Gasteiger partial charge in [-0.25, -0.2) is 9.37 Å². The van der Waals surface area contributed by atoms with Gasteiger partial charge in [0.1, 0.15) is 24.7 Å². The van der Waals surface area contributed by atoms with E-state index in [-0.39, 0.29) is 18.2 Å². The second kappa shape index (κ2) is 12.2. The van der Waals surface area contributed by atoms with Crippen LogP contribution in [-0.4, -0.2) is 30.5 Å². The normalized spacial score (nSPS) is 11.0. The molecule has 4 rings (SSSR count). The van der Waals surface area contributed by atoms with E-state index in [2.05, 4.69) is 9.97 Å². The first-order chi connectivity index (χ1) is 17.6. The highest BCUT2D eigenvalue weighted by Crippen LogP contribution is 2.33. The lowest BCUT2D eigenvalue weighted by atomic mass is 10.1. The molecule has 36 heavy (non-hydrogen) atoms. The average molecular weight is 489 g/mol. The number of hydrogen-bond acceptors (Lipinski definition) is 6. The molecule has 0 aliphatic heterocycles. The van der Waals surface area contributed by atoms with Gasteiger partial charge in [0, 0.05) is 32.4 Å². The van der Waals surface area contributed by atoms with Crippen molar-refractivity contribution in [3.05, 3.63) is 107 Å². The Morgan fingerprint density at radius 1 is 0.778 bits per heavy atom. The summed E-state index contributed by atoms with van der Waals surface area (Å²) in [5, 5.41) is 0. The lowest BCUT2D eigenvalue weighted by Crippen LogP contribution is -2.17.